The van der Waals surface area contributed by atoms with Crippen LogP contribution in [0.1, 0.15) is 25.7 Å². The SMILES string of the molecule is O=C(C1CCC1)N1CCC(Oc2ccc(-c3noc(-c4ccccc4)n3)cc2)C1. The van der Waals surface area contributed by atoms with E-state index in [1.54, 1.807) is 0 Å². The molecule has 1 saturated heterocycles. The molecule has 2 fully saturated rings. The van der Waals surface area contributed by atoms with E-state index in [1.807, 2.05) is 59.5 Å². The van der Waals surface area contributed by atoms with Gasteiger partial charge >= 0.3 is 0 Å². The average molecular weight is 389 g/mol. The topological polar surface area (TPSA) is 68.5 Å². The molecule has 0 N–H and O–H groups in total. The predicted octanol–water partition coefficient (Wildman–Crippen LogP) is 4.18. The molecule has 1 aromatic heterocycles. The predicted molar refractivity (Wildman–Crippen MR) is 108 cm³/mol. The molecule has 3 aromatic rings. The van der Waals surface area contributed by atoms with Crippen LogP contribution in [-0.4, -0.2) is 40.1 Å². The summed E-state index contributed by atoms with van der Waals surface area (Å²) in [5, 5.41) is 4.08. The van der Waals surface area contributed by atoms with Gasteiger partial charge in [-0.2, -0.15) is 4.98 Å². The number of hydrogen-bond acceptors (Lipinski definition) is 5. The lowest BCUT2D eigenvalue weighted by molar-refractivity contribution is -0.137. The second kappa shape index (κ2) is 7.70. The van der Waals surface area contributed by atoms with Crippen LogP contribution in [-0.2, 0) is 4.79 Å². The van der Waals surface area contributed by atoms with Crippen molar-refractivity contribution in [1.82, 2.24) is 15.0 Å². The van der Waals surface area contributed by atoms with E-state index in [0.717, 1.165) is 42.7 Å². The van der Waals surface area contributed by atoms with Crippen LogP contribution in [0, 0.1) is 5.92 Å². The quantitative estimate of drug-likeness (QED) is 0.655. The van der Waals surface area contributed by atoms with Gasteiger partial charge in [0.2, 0.25) is 11.7 Å². The number of carbonyl (C=O) groups excluding carboxylic acids is 1. The molecule has 29 heavy (non-hydrogen) atoms. The van der Waals surface area contributed by atoms with Crippen molar-refractivity contribution in [2.75, 3.05) is 13.1 Å². The summed E-state index contributed by atoms with van der Waals surface area (Å²) < 4.78 is 11.5. The van der Waals surface area contributed by atoms with Crippen molar-refractivity contribution in [2.45, 2.75) is 31.8 Å². The van der Waals surface area contributed by atoms with Crippen LogP contribution in [0.15, 0.2) is 59.1 Å². The van der Waals surface area contributed by atoms with Gasteiger partial charge in [0, 0.05) is 30.0 Å². The Labute approximate surface area is 169 Å². The van der Waals surface area contributed by atoms with Gasteiger partial charge in [0.05, 0.1) is 6.54 Å². The number of likely N-dealkylation sites (tertiary alicyclic amines) is 1. The molecule has 1 atom stereocenters. The number of benzene rings is 2. The summed E-state index contributed by atoms with van der Waals surface area (Å²) in [7, 11) is 0. The van der Waals surface area contributed by atoms with Gasteiger partial charge in [-0.15, -0.1) is 0 Å². The Morgan fingerprint density at radius 2 is 1.79 bits per heavy atom. The van der Waals surface area contributed by atoms with Gasteiger partial charge < -0.3 is 14.2 Å². The minimum atomic E-state index is 0.0553. The molecule has 0 radical (unpaired) electrons. The van der Waals surface area contributed by atoms with Crippen molar-refractivity contribution in [1.29, 1.82) is 0 Å². The van der Waals surface area contributed by atoms with Crippen molar-refractivity contribution in [3.63, 3.8) is 0 Å². The molecule has 2 aliphatic rings. The third-order valence-electron chi connectivity index (χ3n) is 5.77. The Morgan fingerprint density at radius 1 is 1.00 bits per heavy atom. The molecule has 2 aromatic carbocycles. The van der Waals surface area contributed by atoms with Crippen molar-refractivity contribution in [2.24, 2.45) is 5.92 Å². The van der Waals surface area contributed by atoms with Crippen molar-refractivity contribution >= 4 is 5.91 Å². The molecular weight excluding hydrogens is 366 g/mol. The first-order chi connectivity index (χ1) is 14.3. The molecule has 1 saturated carbocycles. The van der Waals surface area contributed by atoms with Crippen LogP contribution in [0.25, 0.3) is 22.8 Å². The fourth-order valence-electron chi connectivity index (χ4n) is 3.85. The zero-order chi connectivity index (χ0) is 19.6. The minimum absolute atomic E-state index is 0.0553. The number of amides is 1. The molecule has 1 aliphatic carbocycles. The summed E-state index contributed by atoms with van der Waals surface area (Å²) in [6.07, 6.45) is 4.21. The lowest BCUT2D eigenvalue weighted by Crippen LogP contribution is -2.38. The van der Waals surface area contributed by atoms with E-state index in [-0.39, 0.29) is 12.0 Å². The standard InChI is InChI=1S/C23H23N3O3/c27-23(18-7-4-8-18)26-14-13-20(15-26)28-19-11-9-16(10-12-19)21-24-22(29-25-21)17-5-2-1-3-6-17/h1-3,5-6,9-12,18,20H,4,7-8,13-15H2. The van der Waals surface area contributed by atoms with E-state index >= 15 is 0 Å². The summed E-state index contributed by atoms with van der Waals surface area (Å²) >= 11 is 0. The zero-order valence-electron chi connectivity index (χ0n) is 16.2. The Bertz CT molecular complexity index is 980. The summed E-state index contributed by atoms with van der Waals surface area (Å²) in [6, 6.07) is 17.4. The highest BCUT2D eigenvalue weighted by atomic mass is 16.5. The first kappa shape index (κ1) is 17.9. The fourth-order valence-corrected chi connectivity index (χ4v) is 3.85. The van der Waals surface area contributed by atoms with Crippen LogP contribution in [0.3, 0.4) is 0 Å². The van der Waals surface area contributed by atoms with Crippen LogP contribution < -0.4 is 4.74 Å². The second-order valence-electron chi connectivity index (χ2n) is 7.75. The van der Waals surface area contributed by atoms with E-state index in [2.05, 4.69) is 10.1 Å². The van der Waals surface area contributed by atoms with Crippen LogP contribution in [0.4, 0.5) is 0 Å². The molecule has 6 nitrogen and oxygen atoms in total. The fraction of sp³-hybridized carbons (Fsp3) is 0.348. The highest BCUT2D eigenvalue weighted by Gasteiger charge is 2.34. The highest BCUT2D eigenvalue weighted by molar-refractivity contribution is 5.79. The lowest BCUT2D eigenvalue weighted by atomic mass is 9.84. The molecule has 2 heterocycles. The first-order valence-corrected chi connectivity index (χ1v) is 10.2. The number of aromatic nitrogens is 2. The molecule has 148 valence electrons. The molecule has 0 spiro atoms. The van der Waals surface area contributed by atoms with Gasteiger partial charge in [-0.1, -0.05) is 29.8 Å². The van der Waals surface area contributed by atoms with E-state index in [9.17, 15) is 4.79 Å². The summed E-state index contributed by atoms with van der Waals surface area (Å²) in [4.78, 5) is 18.8. The maximum absolute atomic E-state index is 12.4. The summed E-state index contributed by atoms with van der Waals surface area (Å²) in [6.45, 7) is 1.48. The summed E-state index contributed by atoms with van der Waals surface area (Å²) in [5.41, 5.74) is 1.77. The monoisotopic (exact) mass is 389 g/mol. The van der Waals surface area contributed by atoms with Gasteiger partial charge in [0.15, 0.2) is 0 Å². The third-order valence-corrected chi connectivity index (χ3v) is 5.77. The number of hydrogen-bond donors (Lipinski definition) is 0. The highest BCUT2D eigenvalue weighted by Crippen LogP contribution is 2.30. The first-order valence-electron chi connectivity index (χ1n) is 10.2. The Hall–Kier alpha value is -3.15. The van der Waals surface area contributed by atoms with E-state index in [4.69, 9.17) is 9.26 Å². The third kappa shape index (κ3) is 3.75. The van der Waals surface area contributed by atoms with Crippen molar-refractivity contribution in [3.8, 4) is 28.6 Å². The van der Waals surface area contributed by atoms with Crippen LogP contribution in [0.2, 0.25) is 0 Å². The smallest absolute Gasteiger partial charge is 0.258 e. The van der Waals surface area contributed by atoms with Crippen molar-refractivity contribution in [3.05, 3.63) is 54.6 Å². The second-order valence-corrected chi connectivity index (χ2v) is 7.75. The maximum atomic E-state index is 12.4. The van der Waals surface area contributed by atoms with Gasteiger partial charge in [-0.3, -0.25) is 4.79 Å². The van der Waals surface area contributed by atoms with E-state index < -0.39 is 0 Å². The molecule has 6 heteroatoms. The van der Waals surface area contributed by atoms with E-state index in [1.165, 1.54) is 6.42 Å². The Morgan fingerprint density at radius 3 is 2.52 bits per heavy atom. The Balaban J connectivity index is 1.21. The normalized spacial score (nSPS) is 19.2. The van der Waals surface area contributed by atoms with Gasteiger partial charge in [-0.05, 0) is 49.2 Å². The largest absolute Gasteiger partial charge is 0.489 e. The molecule has 5 rings (SSSR count). The van der Waals surface area contributed by atoms with Gasteiger partial charge in [0.1, 0.15) is 11.9 Å². The number of rotatable bonds is 5. The molecule has 1 amide bonds. The molecule has 1 aliphatic heterocycles. The summed E-state index contributed by atoms with van der Waals surface area (Å²) in [5.74, 6) is 2.41. The minimum Gasteiger partial charge on any atom is -0.489 e. The molecule has 1 unspecified atom stereocenters. The van der Waals surface area contributed by atoms with Crippen molar-refractivity contribution < 1.29 is 14.1 Å². The average Bonchev–Trinajstić information content (AvgIpc) is 3.38. The number of nitrogens with zero attached hydrogens (tertiary/aromatic N) is 3. The van der Waals surface area contributed by atoms with Gasteiger partial charge in [0.25, 0.3) is 5.89 Å². The molecule has 0 bridgehead atoms. The van der Waals surface area contributed by atoms with Crippen LogP contribution in [0.5, 0.6) is 5.75 Å². The maximum Gasteiger partial charge on any atom is 0.258 e. The number of ether oxygens (including phenoxy) is 1. The lowest BCUT2D eigenvalue weighted by Gasteiger charge is -2.29. The molecular formula is C23H23N3O3. The van der Waals surface area contributed by atoms with E-state index in [0.29, 0.717) is 24.2 Å². The Kier molecular flexibility index (Phi) is 4.76. The number of carbonyl (C=O) groups is 1. The van der Waals surface area contributed by atoms with Crippen LogP contribution >= 0.6 is 0 Å². The van der Waals surface area contributed by atoms with Gasteiger partial charge in [-0.25, -0.2) is 0 Å². The zero-order valence-corrected chi connectivity index (χ0v) is 16.2.